The third-order valence-electron chi connectivity index (χ3n) is 8.83. The SMILES string of the molecule is Cc1cnc(Nc2cc(C)n(C)n2)nc1-c1c[nH]c2c(N3Cc4c(cccc4-c4ccccc4-c4ccccc4)C3=O)cccc12. The van der Waals surface area contributed by atoms with Crippen molar-refractivity contribution in [2.24, 2.45) is 7.05 Å². The molecule has 0 atom stereocenters. The lowest BCUT2D eigenvalue weighted by Crippen LogP contribution is -2.23. The normalized spacial score (nSPS) is 12.6. The highest BCUT2D eigenvalue weighted by atomic mass is 16.2. The molecule has 0 fully saturated rings. The van der Waals surface area contributed by atoms with E-state index in [1.54, 1.807) is 0 Å². The zero-order chi connectivity index (χ0) is 31.4. The molecule has 8 rings (SSSR count). The summed E-state index contributed by atoms with van der Waals surface area (Å²) in [5.41, 5.74) is 11.7. The molecule has 0 aliphatic carbocycles. The molecule has 224 valence electrons. The summed E-state index contributed by atoms with van der Waals surface area (Å²) in [6, 6.07) is 32.9. The number of H-pyrrole nitrogens is 1. The van der Waals surface area contributed by atoms with Crippen LogP contribution in [0.15, 0.2) is 109 Å². The Kier molecular flexibility index (Phi) is 6.49. The Morgan fingerprint density at radius 3 is 2.35 bits per heavy atom. The van der Waals surface area contributed by atoms with Crippen molar-refractivity contribution >= 4 is 34.3 Å². The summed E-state index contributed by atoms with van der Waals surface area (Å²) in [5, 5.41) is 8.69. The van der Waals surface area contributed by atoms with Crippen LogP contribution >= 0.6 is 0 Å². The first-order chi connectivity index (χ1) is 22.5. The minimum Gasteiger partial charge on any atom is -0.359 e. The van der Waals surface area contributed by atoms with Gasteiger partial charge in [0.25, 0.3) is 5.91 Å². The van der Waals surface area contributed by atoms with Gasteiger partial charge < -0.3 is 15.2 Å². The molecule has 7 aromatic rings. The summed E-state index contributed by atoms with van der Waals surface area (Å²) < 4.78 is 1.81. The summed E-state index contributed by atoms with van der Waals surface area (Å²) in [7, 11) is 1.90. The molecule has 2 N–H and O–H groups in total. The molecular weight excluding hydrogens is 570 g/mol. The van der Waals surface area contributed by atoms with Crippen LogP contribution in [0.3, 0.4) is 0 Å². The summed E-state index contributed by atoms with van der Waals surface area (Å²) in [4.78, 5) is 28.8. The molecule has 0 saturated carbocycles. The number of anilines is 3. The van der Waals surface area contributed by atoms with Gasteiger partial charge in [-0.15, -0.1) is 0 Å². The molecule has 4 aromatic carbocycles. The van der Waals surface area contributed by atoms with Crippen LogP contribution in [0.1, 0.15) is 27.2 Å². The standard InChI is InChI=1S/C38H31N7O/c1-23-20-40-38(41-34-19-24(2)44(3)43-34)42-35(23)31-21-39-36-29(31)16-10-18-33(36)45-22-32-28(15-9-17-30(32)37(45)46)27-14-8-7-13-26(27)25-11-5-4-6-12-25/h4-21,39H,22H2,1-3H3,(H,40,41,42,43). The third kappa shape index (κ3) is 4.54. The molecular formula is C38H31N7O. The van der Waals surface area contributed by atoms with Gasteiger partial charge in [-0.05, 0) is 59.4 Å². The van der Waals surface area contributed by atoms with Gasteiger partial charge in [0.2, 0.25) is 5.95 Å². The minimum atomic E-state index is -0.00644. The van der Waals surface area contributed by atoms with E-state index in [0.29, 0.717) is 18.3 Å². The molecule has 1 aliphatic heterocycles. The van der Waals surface area contributed by atoms with E-state index in [-0.39, 0.29) is 5.91 Å². The number of para-hydroxylation sites is 1. The van der Waals surface area contributed by atoms with Gasteiger partial charge in [-0.3, -0.25) is 9.48 Å². The van der Waals surface area contributed by atoms with Crippen LogP contribution in [0.2, 0.25) is 0 Å². The smallest absolute Gasteiger partial charge is 0.259 e. The first-order valence-corrected chi connectivity index (χ1v) is 15.3. The van der Waals surface area contributed by atoms with Crippen LogP contribution in [0, 0.1) is 13.8 Å². The van der Waals surface area contributed by atoms with Crippen molar-refractivity contribution in [3.8, 4) is 33.5 Å². The first-order valence-electron chi connectivity index (χ1n) is 15.3. The molecule has 0 spiro atoms. The monoisotopic (exact) mass is 601 g/mol. The van der Waals surface area contributed by atoms with Gasteiger partial charge in [0.05, 0.1) is 23.4 Å². The topological polar surface area (TPSA) is 91.7 Å². The molecule has 1 amide bonds. The van der Waals surface area contributed by atoms with Crippen molar-refractivity contribution in [1.82, 2.24) is 24.7 Å². The second-order valence-electron chi connectivity index (χ2n) is 11.7. The number of benzene rings is 4. The maximum atomic E-state index is 14.0. The maximum Gasteiger partial charge on any atom is 0.259 e. The van der Waals surface area contributed by atoms with Crippen LogP contribution in [0.25, 0.3) is 44.4 Å². The molecule has 3 aromatic heterocycles. The molecule has 1 aliphatic rings. The number of hydrogen-bond donors (Lipinski definition) is 2. The lowest BCUT2D eigenvalue weighted by Gasteiger charge is -2.18. The fraction of sp³-hybridized carbons (Fsp3) is 0.105. The molecule has 0 bridgehead atoms. The molecule has 0 saturated heterocycles. The Balaban J connectivity index is 1.17. The Morgan fingerprint density at radius 1 is 0.804 bits per heavy atom. The highest BCUT2D eigenvalue weighted by Crippen LogP contribution is 2.42. The van der Waals surface area contributed by atoms with E-state index in [4.69, 9.17) is 4.98 Å². The second-order valence-corrected chi connectivity index (χ2v) is 11.7. The lowest BCUT2D eigenvalue weighted by atomic mass is 9.90. The van der Waals surface area contributed by atoms with Crippen LogP contribution in [0.4, 0.5) is 17.5 Å². The first kappa shape index (κ1) is 27.5. The van der Waals surface area contributed by atoms with Gasteiger partial charge in [0.1, 0.15) is 0 Å². The number of hydrogen-bond acceptors (Lipinski definition) is 5. The van der Waals surface area contributed by atoms with Crippen LogP contribution < -0.4 is 10.2 Å². The average Bonchev–Trinajstić information content (AvgIpc) is 3.76. The van der Waals surface area contributed by atoms with Crippen molar-refractivity contribution < 1.29 is 4.79 Å². The van der Waals surface area contributed by atoms with Gasteiger partial charge in [-0.25, -0.2) is 9.97 Å². The van der Waals surface area contributed by atoms with Crippen LogP contribution in [-0.2, 0) is 13.6 Å². The number of aromatic nitrogens is 5. The van der Waals surface area contributed by atoms with Crippen molar-refractivity contribution in [3.63, 3.8) is 0 Å². The van der Waals surface area contributed by atoms with Gasteiger partial charge in [0, 0.05) is 47.7 Å². The second kappa shape index (κ2) is 10.9. The maximum absolute atomic E-state index is 14.0. The molecule has 46 heavy (non-hydrogen) atoms. The number of aromatic amines is 1. The number of carbonyl (C=O) groups excluding carboxylic acids is 1. The molecule has 8 heteroatoms. The largest absolute Gasteiger partial charge is 0.359 e. The zero-order valence-corrected chi connectivity index (χ0v) is 25.7. The van der Waals surface area contributed by atoms with Gasteiger partial charge in [0.15, 0.2) is 5.82 Å². The molecule has 4 heterocycles. The summed E-state index contributed by atoms with van der Waals surface area (Å²) in [6.07, 6.45) is 3.78. The van der Waals surface area contributed by atoms with Crippen molar-refractivity contribution in [3.05, 3.63) is 132 Å². The fourth-order valence-corrected chi connectivity index (χ4v) is 6.44. The van der Waals surface area contributed by atoms with E-state index in [9.17, 15) is 4.79 Å². The van der Waals surface area contributed by atoms with Crippen LogP contribution in [-0.4, -0.2) is 30.6 Å². The number of rotatable bonds is 6. The minimum absolute atomic E-state index is 0.00644. The van der Waals surface area contributed by atoms with E-state index in [0.717, 1.165) is 72.5 Å². The number of amides is 1. The summed E-state index contributed by atoms with van der Waals surface area (Å²) in [6.45, 7) is 4.48. The molecule has 0 radical (unpaired) electrons. The Hall–Kier alpha value is -6.02. The highest BCUT2D eigenvalue weighted by molar-refractivity contribution is 6.15. The average molecular weight is 602 g/mol. The van der Waals surface area contributed by atoms with Gasteiger partial charge in [-0.2, -0.15) is 5.10 Å². The number of aryl methyl sites for hydroxylation is 3. The fourth-order valence-electron chi connectivity index (χ4n) is 6.44. The Bertz CT molecular complexity index is 2260. The number of fused-ring (bicyclic) bond motifs is 2. The Morgan fingerprint density at radius 2 is 1.54 bits per heavy atom. The van der Waals surface area contributed by atoms with E-state index < -0.39 is 0 Å². The summed E-state index contributed by atoms with van der Waals surface area (Å²) >= 11 is 0. The van der Waals surface area contributed by atoms with E-state index >= 15 is 0 Å². The highest BCUT2D eigenvalue weighted by Gasteiger charge is 2.32. The van der Waals surface area contributed by atoms with Gasteiger partial charge in [-0.1, -0.05) is 78.9 Å². The van der Waals surface area contributed by atoms with E-state index in [1.807, 2.05) is 79.3 Å². The lowest BCUT2D eigenvalue weighted by molar-refractivity contribution is 0.0997. The van der Waals surface area contributed by atoms with E-state index in [2.05, 4.69) is 81.0 Å². The quantitative estimate of drug-likeness (QED) is 0.200. The van der Waals surface area contributed by atoms with Crippen molar-refractivity contribution in [1.29, 1.82) is 0 Å². The Labute approximate surface area is 266 Å². The van der Waals surface area contributed by atoms with Gasteiger partial charge >= 0.3 is 0 Å². The molecule has 0 unspecified atom stereocenters. The number of nitrogens with zero attached hydrogens (tertiary/aromatic N) is 5. The number of carbonyl (C=O) groups is 1. The number of nitrogens with one attached hydrogen (secondary N) is 2. The van der Waals surface area contributed by atoms with E-state index in [1.165, 1.54) is 0 Å². The predicted octanol–water partition coefficient (Wildman–Crippen LogP) is 8.21. The van der Waals surface area contributed by atoms with Crippen molar-refractivity contribution in [2.75, 3.05) is 10.2 Å². The molecule has 8 nitrogen and oxygen atoms in total. The predicted molar refractivity (Wildman–Crippen MR) is 183 cm³/mol. The van der Waals surface area contributed by atoms with Crippen LogP contribution in [0.5, 0.6) is 0 Å². The zero-order valence-electron chi connectivity index (χ0n) is 25.7. The summed E-state index contributed by atoms with van der Waals surface area (Å²) in [5.74, 6) is 1.15. The van der Waals surface area contributed by atoms with Crippen molar-refractivity contribution in [2.45, 2.75) is 20.4 Å². The third-order valence-corrected chi connectivity index (χ3v) is 8.83.